The van der Waals surface area contributed by atoms with E-state index in [0.717, 1.165) is 43.5 Å². The van der Waals surface area contributed by atoms with Gasteiger partial charge in [-0.15, -0.1) is 24.0 Å². The summed E-state index contributed by atoms with van der Waals surface area (Å²) in [6.07, 6.45) is 6.37. The molecule has 0 radical (unpaired) electrons. The van der Waals surface area contributed by atoms with Crippen molar-refractivity contribution in [1.82, 2.24) is 15.1 Å². The minimum atomic E-state index is -0.0800. The van der Waals surface area contributed by atoms with Crippen LogP contribution in [0.25, 0.3) is 0 Å². The van der Waals surface area contributed by atoms with E-state index in [4.69, 9.17) is 4.99 Å². The third-order valence-corrected chi connectivity index (χ3v) is 6.27. The van der Waals surface area contributed by atoms with Gasteiger partial charge < -0.3 is 15.1 Å². The molecule has 2 heterocycles. The van der Waals surface area contributed by atoms with Crippen molar-refractivity contribution >= 4 is 29.9 Å². The molecule has 2 aliphatic heterocycles. The minimum absolute atomic E-state index is 0. The van der Waals surface area contributed by atoms with Gasteiger partial charge in [-0.25, -0.2) is 4.39 Å². The summed E-state index contributed by atoms with van der Waals surface area (Å²) in [6.45, 7) is 8.84. The van der Waals surface area contributed by atoms with Gasteiger partial charge in [0.15, 0.2) is 5.96 Å². The van der Waals surface area contributed by atoms with Crippen molar-refractivity contribution in [2.75, 3.05) is 39.3 Å². The molecule has 0 bridgehead atoms. The van der Waals surface area contributed by atoms with Gasteiger partial charge in [-0.2, -0.15) is 0 Å². The zero-order valence-electron chi connectivity index (χ0n) is 16.9. The van der Waals surface area contributed by atoms with Crippen LogP contribution in [0.2, 0.25) is 0 Å². The van der Waals surface area contributed by atoms with Crippen molar-refractivity contribution in [3.63, 3.8) is 0 Å². The first-order valence-corrected chi connectivity index (χ1v) is 10.8. The van der Waals surface area contributed by atoms with E-state index in [9.17, 15) is 4.39 Å². The molecular weight excluding hydrogens is 466 g/mol. The summed E-state index contributed by atoms with van der Waals surface area (Å²) in [5, 5.41) is 3.63. The van der Waals surface area contributed by atoms with Crippen LogP contribution in [0.1, 0.15) is 50.5 Å². The Morgan fingerprint density at radius 2 is 1.96 bits per heavy atom. The van der Waals surface area contributed by atoms with E-state index in [1.807, 2.05) is 12.1 Å². The molecule has 4 nitrogen and oxygen atoms in total. The summed E-state index contributed by atoms with van der Waals surface area (Å²) in [5.41, 5.74) is 0.843. The van der Waals surface area contributed by atoms with Gasteiger partial charge in [-0.1, -0.05) is 24.6 Å². The molecule has 2 saturated heterocycles. The number of nitrogens with zero attached hydrogens (tertiary/aromatic N) is 3. The van der Waals surface area contributed by atoms with Gasteiger partial charge in [-0.3, -0.25) is 4.99 Å². The van der Waals surface area contributed by atoms with Crippen molar-refractivity contribution in [2.45, 2.75) is 51.0 Å². The molecule has 3 atom stereocenters. The molecule has 3 fully saturated rings. The van der Waals surface area contributed by atoms with Crippen LogP contribution in [0, 0.1) is 11.7 Å². The highest BCUT2D eigenvalue weighted by molar-refractivity contribution is 14.0. The summed E-state index contributed by atoms with van der Waals surface area (Å²) in [5.74, 6) is 1.97. The van der Waals surface area contributed by atoms with Gasteiger partial charge in [-0.05, 0) is 63.2 Å². The van der Waals surface area contributed by atoms with Crippen LogP contribution in [0.15, 0.2) is 29.3 Å². The van der Waals surface area contributed by atoms with E-state index in [1.54, 1.807) is 12.1 Å². The predicted octanol–water partition coefficient (Wildman–Crippen LogP) is 4.07. The quantitative estimate of drug-likeness (QED) is 0.376. The molecule has 156 valence electrons. The van der Waals surface area contributed by atoms with Crippen LogP contribution in [-0.2, 0) is 0 Å². The monoisotopic (exact) mass is 500 g/mol. The molecule has 0 aromatic heterocycles. The minimum Gasteiger partial charge on any atom is -0.353 e. The van der Waals surface area contributed by atoms with Gasteiger partial charge in [0.2, 0.25) is 0 Å². The predicted molar refractivity (Wildman–Crippen MR) is 124 cm³/mol. The highest BCUT2D eigenvalue weighted by Gasteiger charge is 2.41. The summed E-state index contributed by atoms with van der Waals surface area (Å²) < 4.78 is 14.0. The number of nitrogens with one attached hydrogen (secondary N) is 1. The van der Waals surface area contributed by atoms with E-state index in [2.05, 4.69) is 22.0 Å². The number of benzene rings is 1. The Morgan fingerprint density at radius 3 is 2.71 bits per heavy atom. The average Bonchev–Trinajstić information content (AvgIpc) is 3.29. The summed E-state index contributed by atoms with van der Waals surface area (Å²) in [6, 6.07) is 7.49. The van der Waals surface area contributed by atoms with Crippen LogP contribution in [0.5, 0.6) is 0 Å². The average molecular weight is 500 g/mol. The van der Waals surface area contributed by atoms with E-state index < -0.39 is 0 Å². The number of halogens is 2. The molecule has 1 aromatic rings. The number of piperidine rings is 1. The van der Waals surface area contributed by atoms with Crippen LogP contribution in [-0.4, -0.2) is 61.1 Å². The summed E-state index contributed by atoms with van der Waals surface area (Å²) in [7, 11) is 0. The van der Waals surface area contributed by atoms with E-state index in [-0.39, 0.29) is 35.7 Å². The number of hydrogen-bond acceptors (Lipinski definition) is 2. The lowest BCUT2D eigenvalue weighted by Crippen LogP contribution is -2.42. The lowest BCUT2D eigenvalue weighted by molar-refractivity contribution is 0.198. The maximum atomic E-state index is 14.0. The Hall–Kier alpha value is -0.890. The first-order valence-electron chi connectivity index (χ1n) is 10.8. The second kappa shape index (κ2) is 10.2. The molecule has 1 saturated carbocycles. The maximum Gasteiger partial charge on any atom is 0.194 e. The molecular formula is C22H34FIN4. The lowest BCUT2D eigenvalue weighted by Gasteiger charge is -2.29. The largest absolute Gasteiger partial charge is 0.353 e. The fourth-order valence-electron chi connectivity index (χ4n) is 4.71. The maximum absolute atomic E-state index is 14.0. The number of likely N-dealkylation sites (tertiary alicyclic amines) is 2. The topological polar surface area (TPSA) is 30.9 Å². The van der Waals surface area contributed by atoms with Gasteiger partial charge in [0.1, 0.15) is 5.82 Å². The normalized spacial score (nSPS) is 28.1. The van der Waals surface area contributed by atoms with Gasteiger partial charge in [0, 0.05) is 38.1 Å². The highest BCUT2D eigenvalue weighted by Crippen LogP contribution is 2.42. The first-order chi connectivity index (χ1) is 13.2. The zero-order valence-corrected chi connectivity index (χ0v) is 19.3. The van der Waals surface area contributed by atoms with Crippen molar-refractivity contribution in [3.8, 4) is 0 Å². The molecule has 1 aliphatic carbocycles. The zero-order chi connectivity index (χ0) is 18.6. The SMILES string of the molecule is CCN=C(NC1CC1c1ccccc1F)N1CCC(CN2CCCCC2)C1.I. The third-order valence-electron chi connectivity index (χ3n) is 6.27. The van der Waals surface area contributed by atoms with Crippen LogP contribution in [0.4, 0.5) is 4.39 Å². The molecule has 1 aromatic carbocycles. The first kappa shape index (κ1) is 21.8. The second-order valence-electron chi connectivity index (χ2n) is 8.37. The Bertz CT molecular complexity index is 662. The molecule has 1 N–H and O–H groups in total. The smallest absolute Gasteiger partial charge is 0.194 e. The standard InChI is InChI=1S/C22H33FN4.HI/c1-2-24-22(25-21-14-19(21)18-8-4-5-9-20(18)23)27-13-10-17(16-27)15-26-11-6-3-7-12-26;/h4-5,8-9,17,19,21H,2-3,6-7,10-16H2,1H3,(H,24,25);1H. The second-order valence-corrected chi connectivity index (χ2v) is 8.37. The van der Waals surface area contributed by atoms with Crippen molar-refractivity contribution in [2.24, 2.45) is 10.9 Å². The number of hydrogen-bond donors (Lipinski definition) is 1. The fourth-order valence-corrected chi connectivity index (χ4v) is 4.71. The number of guanidine groups is 1. The Labute approximate surface area is 186 Å². The molecule has 28 heavy (non-hydrogen) atoms. The number of rotatable bonds is 5. The van der Waals surface area contributed by atoms with Crippen LogP contribution in [0.3, 0.4) is 0 Å². The Balaban J connectivity index is 0.00000225. The van der Waals surface area contributed by atoms with Crippen molar-refractivity contribution < 1.29 is 4.39 Å². The van der Waals surface area contributed by atoms with Gasteiger partial charge in [0.05, 0.1) is 0 Å². The lowest BCUT2D eigenvalue weighted by atomic mass is 10.1. The highest BCUT2D eigenvalue weighted by atomic mass is 127. The Kier molecular flexibility index (Phi) is 7.97. The molecule has 6 heteroatoms. The molecule has 4 rings (SSSR count). The van der Waals surface area contributed by atoms with Crippen molar-refractivity contribution in [3.05, 3.63) is 35.6 Å². The van der Waals surface area contributed by atoms with Crippen LogP contribution >= 0.6 is 24.0 Å². The number of aliphatic imine (C=N–C) groups is 1. The Morgan fingerprint density at radius 1 is 1.18 bits per heavy atom. The fraction of sp³-hybridized carbons (Fsp3) is 0.682. The third kappa shape index (κ3) is 5.38. The molecule has 3 unspecified atom stereocenters. The van der Waals surface area contributed by atoms with E-state index >= 15 is 0 Å². The van der Waals surface area contributed by atoms with Crippen molar-refractivity contribution in [1.29, 1.82) is 0 Å². The van der Waals surface area contributed by atoms with Crippen LogP contribution < -0.4 is 5.32 Å². The molecule has 0 spiro atoms. The summed E-state index contributed by atoms with van der Waals surface area (Å²) >= 11 is 0. The summed E-state index contributed by atoms with van der Waals surface area (Å²) in [4.78, 5) is 9.82. The molecule has 0 amide bonds. The molecule has 3 aliphatic rings. The van der Waals surface area contributed by atoms with E-state index in [1.165, 1.54) is 45.3 Å². The van der Waals surface area contributed by atoms with Gasteiger partial charge >= 0.3 is 0 Å². The van der Waals surface area contributed by atoms with E-state index in [0.29, 0.717) is 6.04 Å². The van der Waals surface area contributed by atoms with Gasteiger partial charge in [0.25, 0.3) is 0 Å².